The molecule has 1 aromatic carbocycles. The van der Waals surface area contributed by atoms with Crippen molar-refractivity contribution in [2.24, 2.45) is 0 Å². The van der Waals surface area contributed by atoms with Gasteiger partial charge in [-0.25, -0.2) is 16.8 Å². The third kappa shape index (κ3) is 5.02. The van der Waals surface area contributed by atoms with Crippen LogP contribution in [0.2, 0.25) is 0 Å². The van der Waals surface area contributed by atoms with Gasteiger partial charge in [-0.15, -0.1) is 0 Å². The molecule has 2 rings (SSSR count). The topological polar surface area (TPSA) is 109 Å². The summed E-state index contributed by atoms with van der Waals surface area (Å²) in [5.74, 6) is -0.783. The van der Waals surface area contributed by atoms with Gasteiger partial charge in [0.1, 0.15) is 0 Å². The van der Waals surface area contributed by atoms with Crippen LogP contribution < -0.4 is 10.6 Å². The zero-order chi connectivity index (χ0) is 18.7. The van der Waals surface area contributed by atoms with Crippen molar-refractivity contribution in [3.05, 3.63) is 24.3 Å². The number of carbonyl (C=O) groups excluding carboxylic acids is 1. The highest BCUT2D eigenvalue weighted by Gasteiger charge is 2.45. The minimum absolute atomic E-state index is 0.0611. The molecule has 7 nitrogen and oxygen atoms in total. The van der Waals surface area contributed by atoms with E-state index in [9.17, 15) is 21.6 Å². The first-order chi connectivity index (χ1) is 11.7. The average molecular weight is 389 g/mol. The van der Waals surface area contributed by atoms with Crippen molar-refractivity contribution in [1.29, 1.82) is 0 Å². The number of carbonyl (C=O) groups is 1. The number of hydrogen-bond donors (Lipinski definition) is 2. The molecule has 2 atom stereocenters. The highest BCUT2D eigenvalue weighted by Crippen LogP contribution is 2.27. The maximum Gasteiger partial charge on any atom is 0.221 e. The molecule has 1 amide bonds. The van der Waals surface area contributed by atoms with Gasteiger partial charge in [0.05, 0.1) is 21.7 Å². The molecule has 9 heteroatoms. The molecule has 1 aromatic rings. The minimum atomic E-state index is -3.80. The summed E-state index contributed by atoms with van der Waals surface area (Å²) in [6.45, 7) is 3.96. The Morgan fingerprint density at radius 3 is 2.40 bits per heavy atom. The van der Waals surface area contributed by atoms with Crippen LogP contribution in [0.1, 0.15) is 26.7 Å². The number of amides is 1. The largest absolute Gasteiger partial charge is 0.326 e. The van der Waals surface area contributed by atoms with E-state index in [0.29, 0.717) is 12.2 Å². The van der Waals surface area contributed by atoms with E-state index in [2.05, 4.69) is 10.6 Å². The van der Waals surface area contributed by atoms with Gasteiger partial charge in [-0.3, -0.25) is 4.79 Å². The highest BCUT2D eigenvalue weighted by molar-refractivity contribution is 7.96. The molecule has 0 radical (unpaired) electrons. The summed E-state index contributed by atoms with van der Waals surface area (Å²) in [6.07, 6.45) is 1.79. The molecule has 0 spiro atoms. The molecule has 25 heavy (non-hydrogen) atoms. The van der Waals surface area contributed by atoms with E-state index in [1.807, 2.05) is 6.92 Å². The monoisotopic (exact) mass is 388 g/mol. The van der Waals surface area contributed by atoms with E-state index in [1.54, 1.807) is 0 Å². The molecule has 1 fully saturated rings. The third-order valence-corrected chi connectivity index (χ3v) is 8.31. The second-order valence-electron chi connectivity index (χ2n) is 6.28. The van der Waals surface area contributed by atoms with Gasteiger partial charge in [0.25, 0.3) is 0 Å². The maximum absolute atomic E-state index is 12.9. The fourth-order valence-electron chi connectivity index (χ4n) is 2.88. The number of unbranched alkanes of at least 4 members (excludes halogenated alkanes) is 1. The summed E-state index contributed by atoms with van der Waals surface area (Å²) in [7, 11) is -7.19. The Kier molecular flexibility index (Phi) is 6.23. The average Bonchev–Trinajstić information content (AvgIpc) is 2.83. The van der Waals surface area contributed by atoms with E-state index in [0.717, 1.165) is 12.8 Å². The van der Waals surface area contributed by atoms with Crippen molar-refractivity contribution >= 4 is 31.3 Å². The summed E-state index contributed by atoms with van der Waals surface area (Å²) in [5.41, 5.74) is 0.489. The van der Waals surface area contributed by atoms with Crippen molar-refractivity contribution in [1.82, 2.24) is 5.32 Å². The zero-order valence-electron chi connectivity index (χ0n) is 14.4. The SMILES string of the molecule is CCCCN[C@@H]1CS(=O)(=O)C[C@H]1S(=O)(=O)c1ccc(NC(C)=O)cc1. The molecule has 0 unspecified atom stereocenters. The van der Waals surface area contributed by atoms with Gasteiger partial charge in [0, 0.05) is 18.7 Å². The van der Waals surface area contributed by atoms with Crippen molar-refractivity contribution in [3.63, 3.8) is 0 Å². The van der Waals surface area contributed by atoms with Crippen LogP contribution in [0.5, 0.6) is 0 Å². The van der Waals surface area contributed by atoms with Gasteiger partial charge in [-0.2, -0.15) is 0 Å². The molecule has 1 heterocycles. The molecule has 1 aliphatic rings. The summed E-state index contributed by atoms with van der Waals surface area (Å²) in [4.78, 5) is 11.1. The number of benzene rings is 1. The molecule has 2 N–H and O–H groups in total. The molecular weight excluding hydrogens is 364 g/mol. The van der Waals surface area contributed by atoms with Gasteiger partial charge < -0.3 is 10.6 Å². The standard InChI is InChI=1S/C16H24N2O5S2/c1-3-4-9-17-15-10-24(20,21)11-16(15)25(22,23)14-7-5-13(6-8-14)18-12(2)19/h5-8,15-17H,3-4,9-11H2,1-2H3,(H,18,19)/t15-,16-/m1/s1. The Labute approximate surface area is 149 Å². The van der Waals surface area contributed by atoms with Crippen molar-refractivity contribution in [3.8, 4) is 0 Å². The molecule has 140 valence electrons. The van der Waals surface area contributed by atoms with Crippen LogP contribution in [-0.2, 0) is 24.5 Å². The normalized spacial score (nSPS) is 22.6. The van der Waals surface area contributed by atoms with Crippen LogP contribution in [0.4, 0.5) is 5.69 Å². The number of sulfone groups is 2. The third-order valence-electron chi connectivity index (χ3n) is 4.14. The number of nitrogens with one attached hydrogen (secondary N) is 2. The summed E-state index contributed by atoms with van der Waals surface area (Å²) < 4.78 is 49.8. The predicted molar refractivity (Wildman–Crippen MR) is 97.1 cm³/mol. The second kappa shape index (κ2) is 7.84. The maximum atomic E-state index is 12.9. The second-order valence-corrected chi connectivity index (χ2v) is 10.6. The van der Waals surface area contributed by atoms with Gasteiger partial charge >= 0.3 is 0 Å². The summed E-state index contributed by atoms with van der Waals surface area (Å²) in [5, 5.41) is 4.65. The quantitative estimate of drug-likeness (QED) is 0.674. The summed E-state index contributed by atoms with van der Waals surface area (Å²) >= 11 is 0. The van der Waals surface area contributed by atoms with Crippen LogP contribution in [0, 0.1) is 0 Å². The van der Waals surface area contributed by atoms with Crippen molar-refractivity contribution in [2.75, 3.05) is 23.4 Å². The van der Waals surface area contributed by atoms with Crippen LogP contribution in [0.25, 0.3) is 0 Å². The summed E-state index contributed by atoms with van der Waals surface area (Å²) in [6, 6.07) is 5.19. The highest BCUT2D eigenvalue weighted by atomic mass is 32.2. The molecule has 1 saturated heterocycles. The first-order valence-electron chi connectivity index (χ1n) is 8.21. The first-order valence-corrected chi connectivity index (χ1v) is 11.6. The smallest absolute Gasteiger partial charge is 0.221 e. The Morgan fingerprint density at radius 2 is 1.84 bits per heavy atom. The lowest BCUT2D eigenvalue weighted by molar-refractivity contribution is -0.114. The Hall–Kier alpha value is -1.45. The van der Waals surface area contributed by atoms with E-state index in [1.165, 1.54) is 31.2 Å². The van der Waals surface area contributed by atoms with Gasteiger partial charge in [0.15, 0.2) is 19.7 Å². The Bertz CT molecular complexity index is 817. The van der Waals surface area contributed by atoms with E-state index < -0.39 is 31.0 Å². The van der Waals surface area contributed by atoms with Gasteiger partial charge in [0.2, 0.25) is 5.91 Å². The van der Waals surface area contributed by atoms with Crippen molar-refractivity contribution < 1.29 is 21.6 Å². The van der Waals surface area contributed by atoms with Crippen LogP contribution >= 0.6 is 0 Å². The van der Waals surface area contributed by atoms with Crippen LogP contribution in [0.3, 0.4) is 0 Å². The first kappa shape index (κ1) is 19.9. The van der Waals surface area contributed by atoms with Crippen LogP contribution in [0.15, 0.2) is 29.2 Å². The molecule has 1 aliphatic heterocycles. The molecule has 0 aliphatic carbocycles. The fourth-order valence-corrected chi connectivity index (χ4v) is 7.60. The fraction of sp³-hybridized carbons (Fsp3) is 0.562. The minimum Gasteiger partial charge on any atom is -0.326 e. The lowest BCUT2D eigenvalue weighted by Crippen LogP contribution is -2.43. The van der Waals surface area contributed by atoms with E-state index in [4.69, 9.17) is 0 Å². The molecular formula is C16H24N2O5S2. The number of rotatable bonds is 7. The molecule has 0 saturated carbocycles. The number of anilines is 1. The lowest BCUT2D eigenvalue weighted by Gasteiger charge is -2.20. The Balaban J connectivity index is 2.24. The predicted octanol–water partition coefficient (Wildman–Crippen LogP) is 0.974. The van der Waals surface area contributed by atoms with E-state index >= 15 is 0 Å². The molecule has 0 aromatic heterocycles. The van der Waals surface area contributed by atoms with Crippen molar-refractivity contribution in [2.45, 2.75) is 42.9 Å². The van der Waals surface area contributed by atoms with E-state index in [-0.39, 0.29) is 22.3 Å². The van der Waals surface area contributed by atoms with Crippen LogP contribution in [-0.4, -0.2) is 52.1 Å². The number of hydrogen-bond acceptors (Lipinski definition) is 6. The Morgan fingerprint density at radius 1 is 1.20 bits per heavy atom. The molecule has 0 bridgehead atoms. The lowest BCUT2D eigenvalue weighted by atomic mass is 10.2. The van der Waals surface area contributed by atoms with Gasteiger partial charge in [-0.1, -0.05) is 13.3 Å². The zero-order valence-corrected chi connectivity index (χ0v) is 16.0. The van der Waals surface area contributed by atoms with Gasteiger partial charge in [-0.05, 0) is 37.2 Å².